The molecule has 18 heavy (non-hydrogen) atoms. The highest BCUT2D eigenvalue weighted by molar-refractivity contribution is 9.10. The van der Waals surface area contributed by atoms with E-state index >= 15 is 0 Å². The topological polar surface area (TPSA) is 21.3 Å². The average Bonchev–Trinajstić information content (AvgIpc) is 2.38. The molecule has 1 aliphatic heterocycles. The second-order valence-electron chi connectivity index (χ2n) is 4.69. The molecule has 4 heteroatoms. The molecule has 0 saturated carbocycles. The van der Waals surface area contributed by atoms with Crippen LogP contribution in [0.4, 0.5) is 4.39 Å². The lowest BCUT2D eigenvalue weighted by Gasteiger charge is -2.22. The molecule has 1 heterocycles. The monoisotopic (exact) mass is 315 g/mol. The lowest BCUT2D eigenvalue weighted by molar-refractivity contribution is 0.0115. The normalized spacial score (nSPS) is 20.0. The van der Waals surface area contributed by atoms with Crippen molar-refractivity contribution in [1.82, 2.24) is 5.32 Å². The Bertz CT molecular complexity index is 380. The Morgan fingerprint density at radius 1 is 1.39 bits per heavy atom. The molecule has 1 aromatic carbocycles. The van der Waals surface area contributed by atoms with Crippen LogP contribution in [0, 0.1) is 5.82 Å². The lowest BCUT2D eigenvalue weighted by Crippen LogP contribution is -2.25. The summed E-state index contributed by atoms with van der Waals surface area (Å²) in [6.45, 7) is 2.61. The Hall–Kier alpha value is -0.450. The second kappa shape index (κ2) is 7.22. The number of hydrogen-bond acceptors (Lipinski definition) is 2. The first-order valence-corrected chi connectivity index (χ1v) is 7.31. The number of benzene rings is 1. The van der Waals surface area contributed by atoms with Crippen LogP contribution in [0.15, 0.2) is 22.7 Å². The van der Waals surface area contributed by atoms with E-state index in [9.17, 15) is 4.39 Å². The van der Waals surface area contributed by atoms with Crippen LogP contribution in [0.1, 0.15) is 31.2 Å². The Balaban J connectivity index is 1.68. The van der Waals surface area contributed by atoms with E-state index in [-0.39, 0.29) is 5.82 Å². The Labute approximate surface area is 116 Å². The van der Waals surface area contributed by atoms with E-state index < -0.39 is 0 Å². The zero-order valence-electron chi connectivity index (χ0n) is 10.4. The zero-order chi connectivity index (χ0) is 12.8. The molecular formula is C14H19BrFNO. The van der Waals surface area contributed by atoms with Crippen LogP contribution in [-0.2, 0) is 11.3 Å². The van der Waals surface area contributed by atoms with Gasteiger partial charge < -0.3 is 10.1 Å². The number of halogens is 2. The largest absolute Gasteiger partial charge is 0.378 e. The van der Waals surface area contributed by atoms with Crippen LogP contribution in [-0.4, -0.2) is 19.3 Å². The lowest BCUT2D eigenvalue weighted by atomic mass is 10.1. The van der Waals surface area contributed by atoms with Crippen molar-refractivity contribution < 1.29 is 9.13 Å². The van der Waals surface area contributed by atoms with Crippen LogP contribution in [0.5, 0.6) is 0 Å². The second-order valence-corrected chi connectivity index (χ2v) is 5.54. The molecule has 1 aliphatic rings. The average molecular weight is 316 g/mol. The minimum atomic E-state index is -0.207. The smallest absolute Gasteiger partial charge is 0.124 e. The van der Waals surface area contributed by atoms with Crippen LogP contribution >= 0.6 is 15.9 Å². The van der Waals surface area contributed by atoms with E-state index in [4.69, 9.17) is 4.74 Å². The third kappa shape index (κ3) is 4.34. The fourth-order valence-electron chi connectivity index (χ4n) is 2.19. The standard InChI is InChI=1S/C14H19BrFNO/c15-14-9-12(16)5-4-11(14)10-17-7-6-13-3-1-2-8-18-13/h4-5,9,13,17H,1-3,6-8,10H2. The molecule has 100 valence electrons. The summed E-state index contributed by atoms with van der Waals surface area (Å²) in [6, 6.07) is 4.80. The molecule has 1 fully saturated rings. The van der Waals surface area contributed by atoms with Crippen molar-refractivity contribution in [2.24, 2.45) is 0 Å². The Kier molecular flexibility index (Phi) is 5.60. The first-order chi connectivity index (χ1) is 8.75. The fourth-order valence-corrected chi connectivity index (χ4v) is 2.68. The van der Waals surface area contributed by atoms with Gasteiger partial charge in [0.15, 0.2) is 0 Å². The van der Waals surface area contributed by atoms with Gasteiger partial charge in [-0.2, -0.15) is 0 Å². The molecule has 0 amide bonds. The maximum absolute atomic E-state index is 12.9. The molecule has 1 saturated heterocycles. The third-order valence-electron chi connectivity index (χ3n) is 3.25. The van der Waals surface area contributed by atoms with Crippen molar-refractivity contribution in [2.75, 3.05) is 13.2 Å². The molecule has 0 spiro atoms. The number of ether oxygens (including phenoxy) is 1. The summed E-state index contributed by atoms with van der Waals surface area (Å²) in [5.74, 6) is -0.207. The van der Waals surface area contributed by atoms with Gasteiger partial charge in [0, 0.05) is 17.6 Å². The summed E-state index contributed by atoms with van der Waals surface area (Å²) in [4.78, 5) is 0. The number of nitrogens with one attached hydrogen (secondary N) is 1. The summed E-state index contributed by atoms with van der Waals surface area (Å²) in [6.07, 6.45) is 5.14. The van der Waals surface area contributed by atoms with Crippen molar-refractivity contribution in [1.29, 1.82) is 0 Å². The van der Waals surface area contributed by atoms with Gasteiger partial charge in [0.2, 0.25) is 0 Å². The van der Waals surface area contributed by atoms with Gasteiger partial charge in [0.05, 0.1) is 6.10 Å². The van der Waals surface area contributed by atoms with E-state index in [1.54, 1.807) is 0 Å². The van der Waals surface area contributed by atoms with Crippen molar-refractivity contribution in [3.63, 3.8) is 0 Å². The van der Waals surface area contributed by atoms with Crippen LogP contribution in [0.2, 0.25) is 0 Å². The van der Waals surface area contributed by atoms with Crippen molar-refractivity contribution >= 4 is 15.9 Å². The molecule has 2 nitrogen and oxygen atoms in total. The van der Waals surface area contributed by atoms with Crippen molar-refractivity contribution in [3.8, 4) is 0 Å². The summed E-state index contributed by atoms with van der Waals surface area (Å²) >= 11 is 3.37. The highest BCUT2D eigenvalue weighted by Gasteiger charge is 2.12. The quantitative estimate of drug-likeness (QED) is 0.838. The summed E-state index contributed by atoms with van der Waals surface area (Å²) < 4.78 is 19.4. The summed E-state index contributed by atoms with van der Waals surface area (Å²) in [7, 11) is 0. The molecule has 1 aromatic rings. The fraction of sp³-hybridized carbons (Fsp3) is 0.571. The van der Waals surface area contributed by atoms with Crippen molar-refractivity contribution in [2.45, 2.75) is 38.3 Å². The predicted octanol–water partition coefficient (Wildman–Crippen LogP) is 3.64. The van der Waals surface area contributed by atoms with Crippen LogP contribution in [0.25, 0.3) is 0 Å². The van der Waals surface area contributed by atoms with Crippen molar-refractivity contribution in [3.05, 3.63) is 34.1 Å². The van der Waals surface area contributed by atoms with Gasteiger partial charge >= 0.3 is 0 Å². The first-order valence-electron chi connectivity index (χ1n) is 6.52. The molecule has 0 aromatic heterocycles. The molecule has 0 bridgehead atoms. The summed E-state index contributed by atoms with van der Waals surface area (Å²) in [5.41, 5.74) is 1.08. The molecular weight excluding hydrogens is 297 g/mol. The maximum atomic E-state index is 12.9. The van der Waals surface area contributed by atoms with Gasteiger partial charge in [-0.15, -0.1) is 0 Å². The third-order valence-corrected chi connectivity index (χ3v) is 3.99. The number of rotatable bonds is 5. The molecule has 0 aliphatic carbocycles. The highest BCUT2D eigenvalue weighted by atomic mass is 79.9. The molecule has 0 radical (unpaired) electrons. The Morgan fingerprint density at radius 2 is 2.28 bits per heavy atom. The zero-order valence-corrected chi connectivity index (χ0v) is 12.0. The van der Waals surface area contributed by atoms with E-state index in [0.29, 0.717) is 6.10 Å². The molecule has 2 rings (SSSR count). The van der Waals surface area contributed by atoms with E-state index in [1.165, 1.54) is 31.4 Å². The van der Waals surface area contributed by atoms with E-state index in [1.807, 2.05) is 6.07 Å². The number of hydrogen-bond donors (Lipinski definition) is 1. The van der Waals surface area contributed by atoms with Crippen LogP contribution < -0.4 is 5.32 Å². The minimum Gasteiger partial charge on any atom is -0.378 e. The Morgan fingerprint density at radius 3 is 3.00 bits per heavy atom. The van der Waals surface area contributed by atoms with Crippen LogP contribution in [0.3, 0.4) is 0 Å². The van der Waals surface area contributed by atoms with Gasteiger partial charge in [-0.3, -0.25) is 0 Å². The minimum absolute atomic E-state index is 0.207. The van der Waals surface area contributed by atoms with Gasteiger partial charge in [-0.1, -0.05) is 22.0 Å². The summed E-state index contributed by atoms with van der Waals surface area (Å²) in [5, 5.41) is 3.38. The SMILES string of the molecule is Fc1ccc(CNCCC2CCCCO2)c(Br)c1. The molecule has 1 atom stereocenters. The first kappa shape index (κ1) is 14.0. The maximum Gasteiger partial charge on any atom is 0.124 e. The molecule has 1 unspecified atom stereocenters. The molecule has 1 N–H and O–H groups in total. The van der Waals surface area contributed by atoms with E-state index in [0.717, 1.165) is 36.2 Å². The van der Waals surface area contributed by atoms with Gasteiger partial charge in [-0.05, 0) is 49.9 Å². The van der Waals surface area contributed by atoms with Gasteiger partial charge in [-0.25, -0.2) is 4.39 Å². The van der Waals surface area contributed by atoms with E-state index in [2.05, 4.69) is 21.2 Å². The van der Waals surface area contributed by atoms with Gasteiger partial charge in [0.25, 0.3) is 0 Å². The predicted molar refractivity (Wildman–Crippen MR) is 74.0 cm³/mol. The van der Waals surface area contributed by atoms with Gasteiger partial charge in [0.1, 0.15) is 5.82 Å². The highest BCUT2D eigenvalue weighted by Crippen LogP contribution is 2.18.